The van der Waals surface area contributed by atoms with E-state index < -0.39 is 10.8 Å². The Morgan fingerprint density at radius 3 is 2.47 bits per heavy atom. The molecule has 0 radical (unpaired) electrons. The fourth-order valence-electron chi connectivity index (χ4n) is 1.19. The van der Waals surface area contributed by atoms with E-state index in [0.29, 0.717) is 12.9 Å². The fourth-order valence-corrected chi connectivity index (χ4v) is 1.32. The number of hydrogen-bond donors (Lipinski definition) is 0. The first kappa shape index (κ1) is 14.6. The van der Waals surface area contributed by atoms with Gasteiger partial charge in [0.15, 0.2) is 4.83 Å². The summed E-state index contributed by atoms with van der Waals surface area (Å²) >= 11 is 2.90. The summed E-state index contributed by atoms with van der Waals surface area (Å²) in [6.45, 7) is 2.60. The molecule has 0 aliphatic heterocycles. The van der Waals surface area contributed by atoms with Gasteiger partial charge < -0.3 is 9.53 Å². The van der Waals surface area contributed by atoms with Crippen LogP contribution in [0.5, 0.6) is 0 Å². The Balaban J connectivity index is 3.23. The van der Waals surface area contributed by atoms with Crippen LogP contribution >= 0.6 is 15.9 Å². The highest BCUT2D eigenvalue weighted by Gasteiger charge is 2.14. The van der Waals surface area contributed by atoms with Gasteiger partial charge in [0, 0.05) is 0 Å². The summed E-state index contributed by atoms with van der Waals surface area (Å²) in [6, 6.07) is 0. The summed E-state index contributed by atoms with van der Waals surface area (Å²) in [5.41, 5.74) is 0. The molecule has 0 amide bonds. The summed E-state index contributed by atoms with van der Waals surface area (Å²) in [6.07, 6.45) is 7.45. The van der Waals surface area contributed by atoms with Crippen LogP contribution in [-0.2, 0) is 14.3 Å². The van der Waals surface area contributed by atoms with Crippen molar-refractivity contribution in [1.82, 2.24) is 0 Å². The van der Waals surface area contributed by atoms with Crippen molar-refractivity contribution in [2.75, 3.05) is 6.61 Å². The van der Waals surface area contributed by atoms with Crippen LogP contribution in [0.1, 0.15) is 45.4 Å². The Kier molecular flexibility index (Phi) is 9.89. The third kappa shape index (κ3) is 8.60. The molecule has 0 rings (SSSR count). The number of aldehydes is 1. The molecule has 4 heteroatoms. The lowest BCUT2D eigenvalue weighted by molar-refractivity contribution is -0.143. The lowest BCUT2D eigenvalue weighted by Gasteiger charge is -2.05. The minimum atomic E-state index is -0.808. The van der Waals surface area contributed by atoms with Gasteiger partial charge in [-0.25, -0.2) is 0 Å². The first-order chi connectivity index (χ1) is 7.22. The number of unbranched alkanes of at least 4 members (excludes halogenated alkanes) is 5. The van der Waals surface area contributed by atoms with Crippen LogP contribution in [-0.4, -0.2) is 23.7 Å². The van der Waals surface area contributed by atoms with E-state index in [2.05, 4.69) is 22.9 Å². The van der Waals surface area contributed by atoms with Crippen LogP contribution in [0.15, 0.2) is 0 Å². The van der Waals surface area contributed by atoms with Gasteiger partial charge in [-0.15, -0.1) is 0 Å². The van der Waals surface area contributed by atoms with Crippen molar-refractivity contribution in [3.63, 3.8) is 0 Å². The molecule has 0 aromatic carbocycles. The molecule has 15 heavy (non-hydrogen) atoms. The number of alkyl halides is 1. The first-order valence-corrected chi connectivity index (χ1v) is 6.40. The molecule has 0 aromatic heterocycles. The summed E-state index contributed by atoms with van der Waals surface area (Å²) < 4.78 is 4.88. The van der Waals surface area contributed by atoms with Crippen molar-refractivity contribution in [2.24, 2.45) is 0 Å². The normalized spacial score (nSPS) is 12.1. The highest BCUT2D eigenvalue weighted by molar-refractivity contribution is 9.10. The van der Waals surface area contributed by atoms with Crippen LogP contribution in [0.25, 0.3) is 0 Å². The number of hydrogen-bond acceptors (Lipinski definition) is 3. The van der Waals surface area contributed by atoms with Gasteiger partial charge in [0.1, 0.15) is 6.29 Å². The summed E-state index contributed by atoms with van der Waals surface area (Å²) in [5, 5.41) is 0. The molecule has 0 saturated heterocycles. The van der Waals surface area contributed by atoms with Gasteiger partial charge >= 0.3 is 5.97 Å². The fraction of sp³-hybridized carbons (Fsp3) is 0.818. The molecule has 3 nitrogen and oxygen atoms in total. The SMILES string of the molecule is CCCCCCCCOC(=O)C(Br)C=O. The second-order valence-electron chi connectivity index (χ2n) is 3.47. The van der Waals surface area contributed by atoms with E-state index in [1.807, 2.05) is 0 Å². The smallest absolute Gasteiger partial charge is 0.327 e. The van der Waals surface area contributed by atoms with Gasteiger partial charge in [0.25, 0.3) is 0 Å². The highest BCUT2D eigenvalue weighted by atomic mass is 79.9. The number of carbonyl (C=O) groups is 2. The standard InChI is InChI=1S/C11H19BrO3/c1-2-3-4-5-6-7-8-15-11(14)10(12)9-13/h9-10H,2-8H2,1H3. The molecule has 0 aliphatic rings. The minimum Gasteiger partial charge on any atom is -0.465 e. The van der Waals surface area contributed by atoms with Gasteiger partial charge in [0.2, 0.25) is 0 Å². The van der Waals surface area contributed by atoms with Crippen LogP contribution in [0.3, 0.4) is 0 Å². The second kappa shape index (κ2) is 10.1. The zero-order valence-electron chi connectivity index (χ0n) is 9.21. The van der Waals surface area contributed by atoms with E-state index in [1.165, 1.54) is 25.7 Å². The number of halogens is 1. The van der Waals surface area contributed by atoms with Gasteiger partial charge in [-0.3, -0.25) is 4.79 Å². The number of carbonyl (C=O) groups excluding carboxylic acids is 2. The molecular weight excluding hydrogens is 260 g/mol. The molecule has 0 aromatic rings. The van der Waals surface area contributed by atoms with Crippen LogP contribution in [0, 0.1) is 0 Å². The molecule has 0 spiro atoms. The number of ether oxygens (including phenoxy) is 1. The van der Waals surface area contributed by atoms with Crippen molar-refractivity contribution in [3.05, 3.63) is 0 Å². The maximum Gasteiger partial charge on any atom is 0.327 e. The zero-order chi connectivity index (χ0) is 11.5. The summed E-state index contributed by atoms with van der Waals surface area (Å²) in [7, 11) is 0. The first-order valence-electron chi connectivity index (χ1n) is 5.48. The Bertz CT molecular complexity index is 183. The van der Waals surface area contributed by atoms with E-state index in [4.69, 9.17) is 4.74 Å². The van der Waals surface area contributed by atoms with E-state index >= 15 is 0 Å². The lowest BCUT2D eigenvalue weighted by Crippen LogP contribution is -2.18. The third-order valence-corrected chi connectivity index (χ3v) is 2.68. The van der Waals surface area contributed by atoms with Gasteiger partial charge in [-0.05, 0) is 6.42 Å². The van der Waals surface area contributed by atoms with E-state index in [9.17, 15) is 9.59 Å². The summed E-state index contributed by atoms with van der Waals surface area (Å²) in [5.74, 6) is -0.487. The predicted molar refractivity (Wildman–Crippen MR) is 63.1 cm³/mol. The molecule has 0 saturated carbocycles. The largest absolute Gasteiger partial charge is 0.465 e. The average Bonchev–Trinajstić information content (AvgIpc) is 2.26. The maximum atomic E-state index is 11.0. The molecule has 1 atom stereocenters. The van der Waals surface area contributed by atoms with Crippen LogP contribution in [0.4, 0.5) is 0 Å². The topological polar surface area (TPSA) is 43.4 Å². The molecule has 0 aliphatic carbocycles. The van der Waals surface area contributed by atoms with E-state index in [0.717, 1.165) is 12.8 Å². The van der Waals surface area contributed by atoms with Gasteiger partial charge in [-0.1, -0.05) is 55.0 Å². The third-order valence-electron chi connectivity index (χ3n) is 2.09. The maximum absolute atomic E-state index is 11.0. The number of esters is 1. The van der Waals surface area contributed by atoms with Crippen LogP contribution in [0.2, 0.25) is 0 Å². The Morgan fingerprint density at radius 2 is 1.87 bits per heavy atom. The molecule has 1 unspecified atom stereocenters. The molecule has 0 N–H and O–H groups in total. The van der Waals surface area contributed by atoms with Crippen molar-refractivity contribution in [2.45, 2.75) is 50.3 Å². The number of rotatable bonds is 9. The zero-order valence-corrected chi connectivity index (χ0v) is 10.8. The summed E-state index contributed by atoms with van der Waals surface area (Å²) in [4.78, 5) is 20.4. The average molecular weight is 279 g/mol. The lowest BCUT2D eigenvalue weighted by atomic mass is 10.1. The van der Waals surface area contributed by atoms with Crippen molar-refractivity contribution in [1.29, 1.82) is 0 Å². The van der Waals surface area contributed by atoms with E-state index in [1.54, 1.807) is 0 Å². The monoisotopic (exact) mass is 278 g/mol. The van der Waals surface area contributed by atoms with E-state index in [-0.39, 0.29) is 0 Å². The molecule has 0 heterocycles. The quantitative estimate of drug-likeness (QED) is 0.214. The highest BCUT2D eigenvalue weighted by Crippen LogP contribution is 2.06. The van der Waals surface area contributed by atoms with Gasteiger partial charge in [0.05, 0.1) is 6.61 Å². The Labute approximate surface area is 99.7 Å². The van der Waals surface area contributed by atoms with Crippen molar-refractivity contribution < 1.29 is 14.3 Å². The molecular formula is C11H19BrO3. The Hall–Kier alpha value is -0.380. The predicted octanol–water partition coefficient (Wildman–Crippen LogP) is 2.85. The Morgan fingerprint density at radius 1 is 1.27 bits per heavy atom. The second-order valence-corrected chi connectivity index (χ2v) is 4.46. The molecule has 0 fully saturated rings. The minimum absolute atomic E-state index is 0.418. The van der Waals surface area contributed by atoms with Crippen molar-refractivity contribution in [3.8, 4) is 0 Å². The van der Waals surface area contributed by atoms with Gasteiger partial charge in [-0.2, -0.15) is 0 Å². The van der Waals surface area contributed by atoms with Crippen LogP contribution < -0.4 is 0 Å². The molecule has 0 bridgehead atoms. The van der Waals surface area contributed by atoms with Crippen molar-refractivity contribution >= 4 is 28.2 Å². The molecule has 88 valence electrons.